The maximum absolute atomic E-state index is 15.4. The predicted molar refractivity (Wildman–Crippen MR) is 159 cm³/mol. The molecule has 0 radical (unpaired) electrons. The Morgan fingerprint density at radius 2 is 1.38 bits per heavy atom. The average Bonchev–Trinajstić information content (AvgIpc) is 2.92. The molecule has 0 spiro atoms. The number of carbonyl (C=O) groups excluding carboxylic acids is 1. The normalized spacial score (nSPS) is 28.4. The molecule has 2 fully saturated rings. The third-order valence-electron chi connectivity index (χ3n) is 8.97. The van der Waals surface area contributed by atoms with E-state index in [4.69, 9.17) is 13.8 Å². The highest BCUT2D eigenvalue weighted by atomic mass is 31.2. The van der Waals surface area contributed by atoms with Gasteiger partial charge in [0.25, 0.3) is 0 Å². The quantitative estimate of drug-likeness (QED) is 0.210. The van der Waals surface area contributed by atoms with Crippen molar-refractivity contribution in [3.05, 3.63) is 66.0 Å². The molecule has 1 aromatic heterocycles. The molecule has 0 saturated heterocycles. The van der Waals surface area contributed by atoms with Crippen molar-refractivity contribution in [2.45, 2.75) is 98.1 Å². The maximum atomic E-state index is 15.4. The van der Waals surface area contributed by atoms with Gasteiger partial charge in [0, 0.05) is 18.0 Å². The monoisotopic (exact) mass is 569 g/mol. The van der Waals surface area contributed by atoms with Crippen molar-refractivity contribution in [3.63, 3.8) is 0 Å². The summed E-state index contributed by atoms with van der Waals surface area (Å²) in [4.78, 5) is 17.7. The number of aromatic nitrogens is 1. The zero-order valence-corrected chi connectivity index (χ0v) is 26.0. The van der Waals surface area contributed by atoms with Gasteiger partial charge in [-0.1, -0.05) is 78.6 Å². The molecule has 2 aliphatic rings. The van der Waals surface area contributed by atoms with Crippen LogP contribution in [0.5, 0.6) is 0 Å². The highest BCUT2D eigenvalue weighted by Crippen LogP contribution is 2.66. The summed E-state index contributed by atoms with van der Waals surface area (Å²) in [6.07, 6.45) is 8.65. The highest BCUT2D eigenvalue weighted by molar-refractivity contribution is 7.54. The molecule has 40 heavy (non-hydrogen) atoms. The van der Waals surface area contributed by atoms with Gasteiger partial charge in [0.1, 0.15) is 0 Å². The van der Waals surface area contributed by atoms with Gasteiger partial charge in [-0.3, -0.25) is 9.55 Å². The molecule has 0 bridgehead atoms. The summed E-state index contributed by atoms with van der Waals surface area (Å²) in [6, 6.07) is 12.4. The minimum absolute atomic E-state index is 0.248. The molecule has 2 saturated carbocycles. The molecule has 7 heteroatoms. The smallest absolute Gasteiger partial charge is 0.376 e. The van der Waals surface area contributed by atoms with E-state index in [2.05, 4.69) is 46.5 Å². The lowest BCUT2D eigenvalue weighted by Crippen LogP contribution is -2.37. The minimum atomic E-state index is -4.05. The lowest BCUT2D eigenvalue weighted by molar-refractivity contribution is -0.0207. The highest BCUT2D eigenvalue weighted by Gasteiger charge is 2.49. The topological polar surface area (TPSA) is 74.7 Å². The van der Waals surface area contributed by atoms with Gasteiger partial charge in [0.15, 0.2) is 0 Å². The van der Waals surface area contributed by atoms with E-state index in [-0.39, 0.29) is 24.0 Å². The Balaban J connectivity index is 1.77. The van der Waals surface area contributed by atoms with Gasteiger partial charge in [-0.05, 0) is 79.4 Å². The third kappa shape index (κ3) is 7.63. The maximum Gasteiger partial charge on any atom is 0.376 e. The van der Waals surface area contributed by atoms with E-state index in [0.29, 0.717) is 34.8 Å². The molecular weight excluding hydrogens is 521 g/mol. The summed E-state index contributed by atoms with van der Waals surface area (Å²) < 4.78 is 35.1. The zero-order chi connectivity index (χ0) is 28.9. The number of benzene rings is 1. The van der Waals surface area contributed by atoms with Crippen molar-refractivity contribution < 1.29 is 23.1 Å². The van der Waals surface area contributed by atoms with Gasteiger partial charge in [0.05, 0.1) is 17.8 Å². The first kappa shape index (κ1) is 30.9. The van der Waals surface area contributed by atoms with Crippen LogP contribution >= 0.6 is 7.60 Å². The molecule has 4 rings (SSSR count). The molecule has 0 unspecified atom stereocenters. The van der Waals surface area contributed by atoms with Crippen LogP contribution in [0.3, 0.4) is 0 Å². The SMILES string of the molecule is CC(C)[C@H]1CC[C@@H](C)C[C@H]1OP(=O)(O[C@@H]1C[C@H](C)CC[C@@H]1C(C)C)[C@@H](OC(=O)c1ccccc1)c1cccnc1. The fourth-order valence-electron chi connectivity index (χ4n) is 6.57. The van der Waals surface area contributed by atoms with Crippen LogP contribution in [0, 0.1) is 35.5 Å². The standard InChI is InChI=1S/C33H48NO5P/c1-22(2)28-16-14-24(5)19-30(28)38-40(36,39-31-20-25(6)15-17-29(31)23(3)4)33(27-13-10-18-34-21-27)37-32(35)26-11-8-7-9-12-26/h7-13,18,21-25,28-31,33H,14-17,19-20H2,1-6H3/t24-,25-,28-,29-,30-,31-,33-/m1/s1. The second kappa shape index (κ2) is 13.8. The lowest BCUT2D eigenvalue weighted by atomic mass is 9.75. The summed E-state index contributed by atoms with van der Waals surface area (Å²) in [5.74, 6) is 0.365. The van der Waals surface area contributed by atoms with E-state index in [0.717, 1.165) is 38.5 Å². The van der Waals surface area contributed by atoms with Crippen LogP contribution in [0.1, 0.15) is 102 Å². The summed E-state index contributed by atoms with van der Waals surface area (Å²) in [5, 5.41) is 0. The molecule has 0 N–H and O–H groups in total. The van der Waals surface area contributed by atoms with E-state index >= 15 is 4.57 Å². The van der Waals surface area contributed by atoms with Crippen molar-refractivity contribution in [1.82, 2.24) is 4.98 Å². The van der Waals surface area contributed by atoms with Gasteiger partial charge < -0.3 is 13.8 Å². The van der Waals surface area contributed by atoms with E-state index in [1.807, 2.05) is 6.07 Å². The van der Waals surface area contributed by atoms with Crippen LogP contribution in [-0.4, -0.2) is 23.2 Å². The van der Waals surface area contributed by atoms with Gasteiger partial charge in [-0.15, -0.1) is 0 Å². The van der Waals surface area contributed by atoms with Crippen LogP contribution in [-0.2, 0) is 18.3 Å². The van der Waals surface area contributed by atoms with Gasteiger partial charge in [-0.25, -0.2) is 4.79 Å². The van der Waals surface area contributed by atoms with Crippen LogP contribution in [0.15, 0.2) is 54.9 Å². The minimum Gasteiger partial charge on any atom is -0.441 e. The average molecular weight is 570 g/mol. The van der Waals surface area contributed by atoms with E-state index in [1.54, 1.807) is 48.8 Å². The first-order chi connectivity index (χ1) is 19.1. The molecule has 2 aromatic rings. The fourth-order valence-corrected chi connectivity index (χ4v) is 8.82. The Morgan fingerprint density at radius 3 is 1.85 bits per heavy atom. The molecule has 7 atom stereocenters. The number of esters is 1. The molecular formula is C33H48NO5P. The molecule has 6 nitrogen and oxygen atoms in total. The molecule has 0 amide bonds. The van der Waals surface area contributed by atoms with E-state index < -0.39 is 19.4 Å². The Morgan fingerprint density at radius 1 is 0.825 bits per heavy atom. The van der Waals surface area contributed by atoms with Crippen molar-refractivity contribution >= 4 is 13.6 Å². The summed E-state index contributed by atoms with van der Waals surface area (Å²) >= 11 is 0. The number of ether oxygens (including phenoxy) is 1. The van der Waals surface area contributed by atoms with Gasteiger partial charge in [-0.2, -0.15) is 0 Å². The fraction of sp³-hybridized carbons (Fsp3) is 0.636. The zero-order valence-electron chi connectivity index (χ0n) is 25.1. The Labute approximate surface area is 241 Å². The van der Waals surface area contributed by atoms with Crippen molar-refractivity contribution in [2.75, 3.05) is 0 Å². The molecule has 0 aliphatic heterocycles. The Bertz CT molecular complexity index is 1090. The van der Waals surface area contributed by atoms with E-state index in [1.165, 1.54) is 0 Å². The number of hydrogen-bond acceptors (Lipinski definition) is 6. The van der Waals surface area contributed by atoms with E-state index in [9.17, 15) is 4.79 Å². The molecule has 2 aliphatic carbocycles. The number of pyridine rings is 1. The molecule has 220 valence electrons. The summed E-state index contributed by atoms with van der Waals surface area (Å²) in [7, 11) is -4.05. The van der Waals surface area contributed by atoms with Crippen molar-refractivity contribution in [1.29, 1.82) is 0 Å². The number of rotatable bonds is 10. The number of nitrogens with zero attached hydrogens (tertiary/aromatic N) is 1. The largest absolute Gasteiger partial charge is 0.441 e. The Hall–Kier alpha value is -2.01. The number of carbonyl (C=O) groups is 1. The summed E-state index contributed by atoms with van der Waals surface area (Å²) in [6.45, 7) is 13.3. The van der Waals surface area contributed by atoms with Crippen molar-refractivity contribution in [3.8, 4) is 0 Å². The Kier molecular flexibility index (Phi) is 10.6. The summed E-state index contributed by atoms with van der Waals surface area (Å²) in [5.41, 5.74) is 0.908. The first-order valence-corrected chi connectivity index (χ1v) is 16.8. The molecule has 1 aromatic carbocycles. The van der Waals surface area contributed by atoms with Crippen LogP contribution in [0.2, 0.25) is 0 Å². The molecule has 1 heterocycles. The number of hydrogen-bond donors (Lipinski definition) is 0. The third-order valence-corrected chi connectivity index (χ3v) is 11.1. The van der Waals surface area contributed by atoms with Gasteiger partial charge >= 0.3 is 13.6 Å². The predicted octanol–water partition coefficient (Wildman–Crippen LogP) is 9.09. The second-order valence-electron chi connectivity index (χ2n) is 12.9. The van der Waals surface area contributed by atoms with Crippen LogP contribution in [0.25, 0.3) is 0 Å². The first-order valence-electron chi connectivity index (χ1n) is 15.2. The van der Waals surface area contributed by atoms with Crippen LogP contribution in [0.4, 0.5) is 0 Å². The lowest BCUT2D eigenvalue weighted by Gasteiger charge is -2.43. The van der Waals surface area contributed by atoms with Crippen LogP contribution < -0.4 is 0 Å². The van der Waals surface area contributed by atoms with Gasteiger partial charge in [0.2, 0.25) is 5.85 Å². The second-order valence-corrected chi connectivity index (χ2v) is 14.9. The van der Waals surface area contributed by atoms with Crippen molar-refractivity contribution in [2.24, 2.45) is 35.5 Å².